The number of hydrogen-bond acceptors (Lipinski definition) is 4. The number of ether oxygens (including phenoxy) is 2. The third-order valence-electron chi connectivity index (χ3n) is 3.12. The molecule has 0 atom stereocenters. The summed E-state index contributed by atoms with van der Waals surface area (Å²) in [5, 5.41) is 11.6. The van der Waals surface area contributed by atoms with E-state index in [4.69, 9.17) is 14.7 Å². The topological polar surface area (TPSA) is 71.3 Å². The number of rotatable bonds is 5. The summed E-state index contributed by atoms with van der Waals surface area (Å²) in [5.41, 5.74) is 2.05. The summed E-state index contributed by atoms with van der Waals surface area (Å²) >= 11 is 0. The largest absolute Gasteiger partial charge is 0.493 e. The van der Waals surface area contributed by atoms with Gasteiger partial charge in [0.15, 0.2) is 11.5 Å². The van der Waals surface area contributed by atoms with Gasteiger partial charge in [-0.05, 0) is 29.8 Å². The molecule has 0 radical (unpaired) electrons. The lowest BCUT2D eigenvalue weighted by Crippen LogP contribution is -2.14. The molecule has 0 unspecified atom stereocenters. The highest BCUT2D eigenvalue weighted by Gasteiger charge is 2.08. The van der Waals surface area contributed by atoms with Gasteiger partial charge in [-0.3, -0.25) is 4.79 Å². The van der Waals surface area contributed by atoms with E-state index in [2.05, 4.69) is 5.32 Å². The first-order valence-electron chi connectivity index (χ1n) is 6.67. The molecule has 0 saturated heterocycles. The molecule has 0 aromatic heterocycles. The molecular formula is C17H16N2O3. The summed E-state index contributed by atoms with van der Waals surface area (Å²) in [5.74, 6) is 1.02. The van der Waals surface area contributed by atoms with Crippen LogP contribution in [0.15, 0.2) is 42.5 Å². The van der Waals surface area contributed by atoms with Crippen LogP contribution in [-0.4, -0.2) is 20.1 Å². The SMILES string of the molecule is COc1ccc(NC(=O)Cc2ccc(C#N)cc2)cc1OC. The Hall–Kier alpha value is -3.00. The molecule has 1 amide bonds. The molecule has 5 nitrogen and oxygen atoms in total. The molecule has 22 heavy (non-hydrogen) atoms. The van der Waals surface area contributed by atoms with E-state index < -0.39 is 0 Å². The zero-order valence-electron chi connectivity index (χ0n) is 12.4. The van der Waals surface area contributed by atoms with E-state index in [0.29, 0.717) is 22.7 Å². The fourth-order valence-corrected chi connectivity index (χ4v) is 2.00. The van der Waals surface area contributed by atoms with Gasteiger partial charge in [-0.15, -0.1) is 0 Å². The maximum absolute atomic E-state index is 12.0. The number of carbonyl (C=O) groups excluding carboxylic acids is 1. The highest BCUT2D eigenvalue weighted by atomic mass is 16.5. The van der Waals surface area contributed by atoms with Gasteiger partial charge in [-0.2, -0.15) is 5.26 Å². The number of carbonyl (C=O) groups is 1. The van der Waals surface area contributed by atoms with Gasteiger partial charge in [0.25, 0.3) is 0 Å². The first-order valence-corrected chi connectivity index (χ1v) is 6.67. The van der Waals surface area contributed by atoms with Crippen LogP contribution < -0.4 is 14.8 Å². The molecule has 2 rings (SSSR count). The molecule has 112 valence electrons. The van der Waals surface area contributed by atoms with Crippen molar-refractivity contribution in [2.45, 2.75) is 6.42 Å². The minimum absolute atomic E-state index is 0.142. The van der Waals surface area contributed by atoms with Crippen LogP contribution >= 0.6 is 0 Å². The van der Waals surface area contributed by atoms with Crippen molar-refractivity contribution in [1.29, 1.82) is 5.26 Å². The number of amides is 1. The Kier molecular flexibility index (Phi) is 4.99. The fourth-order valence-electron chi connectivity index (χ4n) is 2.00. The van der Waals surface area contributed by atoms with Crippen LogP contribution in [0.4, 0.5) is 5.69 Å². The minimum atomic E-state index is -0.142. The highest BCUT2D eigenvalue weighted by molar-refractivity contribution is 5.92. The number of nitriles is 1. The third-order valence-corrected chi connectivity index (χ3v) is 3.12. The van der Waals surface area contributed by atoms with Gasteiger partial charge in [0.2, 0.25) is 5.91 Å². The number of nitrogens with zero attached hydrogens (tertiary/aromatic N) is 1. The Morgan fingerprint density at radius 3 is 2.36 bits per heavy atom. The fraction of sp³-hybridized carbons (Fsp3) is 0.176. The van der Waals surface area contributed by atoms with E-state index >= 15 is 0 Å². The molecule has 0 spiro atoms. The number of nitrogens with one attached hydrogen (secondary N) is 1. The van der Waals surface area contributed by atoms with Gasteiger partial charge in [-0.1, -0.05) is 12.1 Å². The van der Waals surface area contributed by atoms with E-state index in [1.165, 1.54) is 0 Å². The van der Waals surface area contributed by atoms with Crippen LogP contribution in [0.25, 0.3) is 0 Å². The maximum Gasteiger partial charge on any atom is 0.228 e. The Bertz CT molecular complexity index is 703. The summed E-state index contributed by atoms with van der Waals surface area (Å²) in [7, 11) is 3.10. The normalized spacial score (nSPS) is 9.68. The van der Waals surface area contributed by atoms with Gasteiger partial charge in [0.1, 0.15) is 0 Å². The van der Waals surface area contributed by atoms with Crippen LogP contribution in [0.2, 0.25) is 0 Å². The first kappa shape index (κ1) is 15.4. The third kappa shape index (κ3) is 3.76. The lowest BCUT2D eigenvalue weighted by atomic mass is 10.1. The maximum atomic E-state index is 12.0. The summed E-state index contributed by atoms with van der Waals surface area (Å²) in [6, 6.07) is 14.2. The zero-order valence-corrected chi connectivity index (χ0v) is 12.4. The van der Waals surface area contributed by atoms with Gasteiger partial charge < -0.3 is 14.8 Å². The van der Waals surface area contributed by atoms with Crippen molar-refractivity contribution in [3.63, 3.8) is 0 Å². The van der Waals surface area contributed by atoms with Crippen LogP contribution in [0.1, 0.15) is 11.1 Å². The van der Waals surface area contributed by atoms with Crippen molar-refractivity contribution in [1.82, 2.24) is 0 Å². The molecule has 0 heterocycles. The molecule has 0 aliphatic carbocycles. The summed E-state index contributed by atoms with van der Waals surface area (Å²) in [6.07, 6.45) is 0.236. The van der Waals surface area contributed by atoms with Crippen molar-refractivity contribution < 1.29 is 14.3 Å². The second kappa shape index (κ2) is 7.14. The Labute approximate surface area is 129 Å². The second-order valence-electron chi connectivity index (χ2n) is 4.60. The molecule has 0 aliphatic heterocycles. The standard InChI is InChI=1S/C17H16N2O3/c1-21-15-8-7-14(10-16(15)22-2)19-17(20)9-12-3-5-13(11-18)6-4-12/h3-8,10H,9H2,1-2H3,(H,19,20). The molecule has 0 aliphatic rings. The zero-order chi connectivity index (χ0) is 15.9. The van der Waals surface area contributed by atoms with Crippen molar-refractivity contribution in [2.24, 2.45) is 0 Å². The lowest BCUT2D eigenvalue weighted by Gasteiger charge is -2.10. The molecule has 0 saturated carbocycles. The highest BCUT2D eigenvalue weighted by Crippen LogP contribution is 2.29. The summed E-state index contributed by atoms with van der Waals surface area (Å²) < 4.78 is 10.3. The van der Waals surface area contributed by atoms with Crippen molar-refractivity contribution in [3.8, 4) is 17.6 Å². The van der Waals surface area contributed by atoms with Gasteiger partial charge in [-0.25, -0.2) is 0 Å². The molecular weight excluding hydrogens is 280 g/mol. The lowest BCUT2D eigenvalue weighted by molar-refractivity contribution is -0.115. The van der Waals surface area contributed by atoms with Gasteiger partial charge in [0, 0.05) is 11.8 Å². The predicted molar refractivity (Wildman–Crippen MR) is 83.0 cm³/mol. The summed E-state index contributed by atoms with van der Waals surface area (Å²) in [6.45, 7) is 0. The van der Waals surface area contributed by atoms with Crippen LogP contribution in [-0.2, 0) is 11.2 Å². The number of hydrogen-bond donors (Lipinski definition) is 1. The number of methoxy groups -OCH3 is 2. The van der Waals surface area contributed by atoms with Crippen LogP contribution in [0, 0.1) is 11.3 Å². The molecule has 0 fully saturated rings. The molecule has 0 bridgehead atoms. The van der Waals surface area contributed by atoms with Gasteiger partial charge >= 0.3 is 0 Å². The average molecular weight is 296 g/mol. The minimum Gasteiger partial charge on any atom is -0.493 e. The Balaban J connectivity index is 2.03. The van der Waals surface area contributed by atoms with Crippen LogP contribution in [0.5, 0.6) is 11.5 Å². The Morgan fingerprint density at radius 2 is 1.77 bits per heavy atom. The molecule has 1 N–H and O–H groups in total. The second-order valence-corrected chi connectivity index (χ2v) is 4.60. The molecule has 5 heteroatoms. The van der Waals surface area contributed by atoms with Gasteiger partial charge in [0.05, 0.1) is 32.3 Å². The first-order chi connectivity index (χ1) is 10.7. The predicted octanol–water partition coefficient (Wildman–Crippen LogP) is 2.76. The van der Waals surface area contributed by atoms with E-state index in [9.17, 15) is 4.79 Å². The molecule has 2 aromatic rings. The Morgan fingerprint density at radius 1 is 1.09 bits per heavy atom. The summed E-state index contributed by atoms with van der Waals surface area (Å²) in [4.78, 5) is 12.0. The van der Waals surface area contributed by atoms with Crippen molar-refractivity contribution >= 4 is 11.6 Å². The van der Waals surface area contributed by atoms with Crippen molar-refractivity contribution in [3.05, 3.63) is 53.6 Å². The van der Waals surface area contributed by atoms with E-state index in [1.807, 2.05) is 6.07 Å². The van der Waals surface area contributed by atoms with E-state index in [-0.39, 0.29) is 12.3 Å². The number of anilines is 1. The monoisotopic (exact) mass is 296 g/mol. The average Bonchev–Trinajstić information content (AvgIpc) is 2.55. The van der Waals surface area contributed by atoms with E-state index in [1.54, 1.807) is 56.7 Å². The number of benzene rings is 2. The molecule has 2 aromatic carbocycles. The smallest absolute Gasteiger partial charge is 0.228 e. The quantitative estimate of drug-likeness (QED) is 0.921. The van der Waals surface area contributed by atoms with Crippen molar-refractivity contribution in [2.75, 3.05) is 19.5 Å². The van der Waals surface area contributed by atoms with Crippen LogP contribution in [0.3, 0.4) is 0 Å². The van der Waals surface area contributed by atoms with E-state index in [0.717, 1.165) is 5.56 Å².